The Balaban J connectivity index is 1.86. The van der Waals surface area contributed by atoms with E-state index in [1.54, 1.807) is 6.20 Å². The number of piperidine rings is 1. The van der Waals surface area contributed by atoms with Crippen LogP contribution in [0.2, 0.25) is 5.02 Å². The summed E-state index contributed by atoms with van der Waals surface area (Å²) in [4.78, 5) is 2.36. The zero-order chi connectivity index (χ0) is 13.9. The molecule has 1 N–H and O–H groups in total. The molecule has 1 unspecified atom stereocenters. The largest absolute Gasteiger partial charge is 0.379 e. The van der Waals surface area contributed by atoms with Gasteiger partial charge in [-0.2, -0.15) is 5.10 Å². The number of rotatable bonds is 3. The minimum absolute atomic E-state index is 0.460. The van der Waals surface area contributed by atoms with E-state index in [1.807, 2.05) is 35.1 Å². The van der Waals surface area contributed by atoms with Crippen molar-refractivity contribution in [2.75, 3.05) is 25.5 Å². The lowest BCUT2D eigenvalue weighted by Gasteiger charge is -2.31. The molecule has 0 saturated carbocycles. The first kappa shape index (κ1) is 13.5. The summed E-state index contributed by atoms with van der Waals surface area (Å²) in [6.07, 6.45) is 6.15. The van der Waals surface area contributed by atoms with Gasteiger partial charge >= 0.3 is 0 Å². The highest BCUT2D eigenvalue weighted by Crippen LogP contribution is 2.26. The summed E-state index contributed by atoms with van der Waals surface area (Å²) in [5.74, 6) is 0. The van der Waals surface area contributed by atoms with E-state index >= 15 is 0 Å². The van der Waals surface area contributed by atoms with Gasteiger partial charge in [-0.25, -0.2) is 4.68 Å². The van der Waals surface area contributed by atoms with Crippen molar-refractivity contribution in [2.45, 2.75) is 18.9 Å². The summed E-state index contributed by atoms with van der Waals surface area (Å²) in [5.41, 5.74) is 2.08. The number of aromatic nitrogens is 2. The van der Waals surface area contributed by atoms with Crippen LogP contribution in [0, 0.1) is 0 Å². The van der Waals surface area contributed by atoms with Gasteiger partial charge in [0.1, 0.15) is 0 Å². The number of nitrogens with zero attached hydrogens (tertiary/aromatic N) is 3. The highest BCUT2D eigenvalue weighted by atomic mass is 35.5. The highest BCUT2D eigenvalue weighted by Gasteiger charge is 2.18. The molecule has 2 aromatic rings. The van der Waals surface area contributed by atoms with Gasteiger partial charge in [-0.1, -0.05) is 11.6 Å². The third kappa shape index (κ3) is 2.97. The number of hydrogen-bond donors (Lipinski definition) is 1. The zero-order valence-electron chi connectivity index (χ0n) is 11.6. The maximum absolute atomic E-state index is 6.14. The summed E-state index contributed by atoms with van der Waals surface area (Å²) < 4.78 is 1.87. The fourth-order valence-corrected chi connectivity index (χ4v) is 2.91. The molecule has 0 amide bonds. The number of nitrogens with one attached hydrogen (secondary N) is 1. The van der Waals surface area contributed by atoms with Crippen LogP contribution in [0.15, 0.2) is 36.7 Å². The Bertz CT molecular complexity index is 567. The monoisotopic (exact) mass is 290 g/mol. The maximum atomic E-state index is 6.14. The van der Waals surface area contributed by atoms with Crippen molar-refractivity contribution in [1.29, 1.82) is 0 Å². The van der Waals surface area contributed by atoms with Crippen molar-refractivity contribution in [2.24, 2.45) is 0 Å². The maximum Gasteiger partial charge on any atom is 0.0877 e. The molecular weight excluding hydrogens is 272 g/mol. The van der Waals surface area contributed by atoms with Gasteiger partial charge in [0.05, 0.1) is 11.4 Å². The molecule has 1 saturated heterocycles. The molecule has 0 aliphatic carbocycles. The normalized spacial score (nSPS) is 20.0. The predicted molar refractivity (Wildman–Crippen MR) is 82.7 cm³/mol. The van der Waals surface area contributed by atoms with Crippen LogP contribution < -0.4 is 5.32 Å². The Morgan fingerprint density at radius 3 is 3.05 bits per heavy atom. The molecule has 2 heterocycles. The first-order valence-corrected chi connectivity index (χ1v) is 7.35. The lowest BCUT2D eigenvalue weighted by atomic mass is 10.1. The molecule has 3 rings (SSSR count). The van der Waals surface area contributed by atoms with Gasteiger partial charge in [0, 0.05) is 30.0 Å². The van der Waals surface area contributed by atoms with Gasteiger partial charge in [0.15, 0.2) is 0 Å². The van der Waals surface area contributed by atoms with E-state index in [9.17, 15) is 0 Å². The van der Waals surface area contributed by atoms with Crippen molar-refractivity contribution in [1.82, 2.24) is 14.7 Å². The Morgan fingerprint density at radius 1 is 1.40 bits per heavy atom. The minimum atomic E-state index is 0.460. The van der Waals surface area contributed by atoms with Crippen LogP contribution >= 0.6 is 11.6 Å². The van der Waals surface area contributed by atoms with E-state index in [4.69, 9.17) is 11.6 Å². The van der Waals surface area contributed by atoms with Crippen molar-refractivity contribution in [3.63, 3.8) is 0 Å². The second-order valence-corrected chi connectivity index (χ2v) is 5.79. The Hall–Kier alpha value is -1.52. The third-order valence-electron chi connectivity index (χ3n) is 3.69. The lowest BCUT2D eigenvalue weighted by molar-refractivity contribution is 0.261. The third-order valence-corrected chi connectivity index (χ3v) is 3.93. The number of anilines is 1. The molecule has 20 heavy (non-hydrogen) atoms. The number of likely N-dealkylation sites (tertiary alicyclic amines) is 1. The topological polar surface area (TPSA) is 33.1 Å². The van der Waals surface area contributed by atoms with Gasteiger partial charge in [-0.05, 0) is 50.7 Å². The number of likely N-dealkylation sites (N-methyl/N-ethyl adjacent to an activating group) is 1. The van der Waals surface area contributed by atoms with Crippen molar-refractivity contribution < 1.29 is 0 Å². The molecule has 1 atom stereocenters. The van der Waals surface area contributed by atoms with Crippen LogP contribution in [-0.2, 0) is 0 Å². The van der Waals surface area contributed by atoms with Gasteiger partial charge in [-0.15, -0.1) is 0 Å². The fraction of sp³-hybridized carbons (Fsp3) is 0.400. The summed E-state index contributed by atoms with van der Waals surface area (Å²) >= 11 is 6.14. The van der Waals surface area contributed by atoms with Crippen LogP contribution in [0.25, 0.3) is 5.69 Å². The number of benzene rings is 1. The van der Waals surface area contributed by atoms with Crippen molar-refractivity contribution in [3.8, 4) is 5.69 Å². The van der Waals surface area contributed by atoms with Crippen LogP contribution in [0.1, 0.15) is 12.8 Å². The van der Waals surface area contributed by atoms with Gasteiger partial charge in [-0.3, -0.25) is 0 Å². The summed E-state index contributed by atoms with van der Waals surface area (Å²) in [7, 11) is 2.17. The number of hydrogen-bond acceptors (Lipinski definition) is 3. The summed E-state index contributed by atoms with van der Waals surface area (Å²) in [6, 6.07) is 8.27. The van der Waals surface area contributed by atoms with Gasteiger partial charge < -0.3 is 10.2 Å². The quantitative estimate of drug-likeness (QED) is 0.943. The molecule has 1 aromatic carbocycles. The van der Waals surface area contributed by atoms with E-state index in [0.29, 0.717) is 6.04 Å². The predicted octanol–water partition coefficient (Wildman–Crippen LogP) is 3.03. The average molecular weight is 291 g/mol. The summed E-state index contributed by atoms with van der Waals surface area (Å²) in [6.45, 7) is 2.24. The molecule has 4 nitrogen and oxygen atoms in total. The second kappa shape index (κ2) is 5.85. The van der Waals surface area contributed by atoms with Crippen LogP contribution in [0.4, 0.5) is 5.69 Å². The molecule has 1 fully saturated rings. The SMILES string of the molecule is CN1CCCC(Nc2cc(Cl)ccc2-n2cccn2)C1. The molecule has 106 valence electrons. The standard InChI is InChI=1S/C15H19ClN4/c1-19-8-2-4-13(11-19)18-14-10-12(16)5-6-15(14)20-9-3-7-17-20/h3,5-7,9-10,13,18H,2,4,8,11H2,1H3. The van der Waals surface area contributed by atoms with E-state index in [-0.39, 0.29) is 0 Å². The van der Waals surface area contributed by atoms with E-state index in [1.165, 1.54) is 19.4 Å². The second-order valence-electron chi connectivity index (χ2n) is 5.36. The molecule has 0 bridgehead atoms. The fourth-order valence-electron chi connectivity index (χ4n) is 2.74. The molecule has 1 aromatic heterocycles. The Kier molecular flexibility index (Phi) is 3.94. The van der Waals surface area contributed by atoms with E-state index in [0.717, 1.165) is 22.9 Å². The first-order chi connectivity index (χ1) is 9.72. The minimum Gasteiger partial charge on any atom is -0.379 e. The summed E-state index contributed by atoms with van der Waals surface area (Å²) in [5, 5.41) is 8.67. The van der Waals surface area contributed by atoms with Gasteiger partial charge in [0.2, 0.25) is 0 Å². The smallest absolute Gasteiger partial charge is 0.0877 e. The molecule has 0 spiro atoms. The van der Waals surface area contributed by atoms with Crippen molar-refractivity contribution >= 4 is 17.3 Å². The van der Waals surface area contributed by atoms with Gasteiger partial charge in [0.25, 0.3) is 0 Å². The van der Waals surface area contributed by atoms with Crippen molar-refractivity contribution in [3.05, 3.63) is 41.7 Å². The lowest BCUT2D eigenvalue weighted by Crippen LogP contribution is -2.39. The first-order valence-electron chi connectivity index (χ1n) is 6.97. The average Bonchev–Trinajstić information content (AvgIpc) is 2.93. The van der Waals surface area contributed by atoms with Crippen LogP contribution in [0.3, 0.4) is 0 Å². The Labute approximate surface area is 124 Å². The molecule has 1 aliphatic rings. The molecular formula is C15H19ClN4. The Morgan fingerprint density at radius 2 is 2.30 bits per heavy atom. The molecule has 5 heteroatoms. The molecule has 1 aliphatic heterocycles. The number of halogens is 1. The van der Waals surface area contributed by atoms with E-state index in [2.05, 4.69) is 22.4 Å². The zero-order valence-corrected chi connectivity index (χ0v) is 12.3. The van der Waals surface area contributed by atoms with Crippen LogP contribution in [0.5, 0.6) is 0 Å². The van der Waals surface area contributed by atoms with Crippen LogP contribution in [-0.4, -0.2) is 40.9 Å². The van der Waals surface area contributed by atoms with E-state index < -0.39 is 0 Å². The highest BCUT2D eigenvalue weighted by molar-refractivity contribution is 6.31. The molecule has 0 radical (unpaired) electrons.